The van der Waals surface area contributed by atoms with Crippen molar-refractivity contribution in [3.8, 4) is 0 Å². The van der Waals surface area contributed by atoms with Crippen LogP contribution < -0.4 is 0 Å². The summed E-state index contributed by atoms with van der Waals surface area (Å²) in [7, 11) is 1.59. The lowest BCUT2D eigenvalue weighted by molar-refractivity contribution is -0.131. The second-order valence-corrected chi connectivity index (χ2v) is 2.34. The molecule has 0 aliphatic rings. The second-order valence-electron chi connectivity index (χ2n) is 2.34. The van der Waals surface area contributed by atoms with Crippen LogP contribution in [0.2, 0.25) is 0 Å². The van der Waals surface area contributed by atoms with Crippen molar-refractivity contribution in [2.24, 2.45) is 0 Å². The summed E-state index contributed by atoms with van der Waals surface area (Å²) in [6, 6.07) is 0. The van der Waals surface area contributed by atoms with E-state index in [0.717, 1.165) is 6.08 Å². The molecule has 0 rings (SSSR count). The van der Waals surface area contributed by atoms with E-state index in [4.69, 9.17) is 14.6 Å². The van der Waals surface area contributed by atoms with E-state index in [9.17, 15) is 4.79 Å². The fourth-order valence-electron chi connectivity index (χ4n) is 0.652. The minimum Gasteiger partial charge on any atom is -0.478 e. The molecule has 1 N–H and O–H groups in total. The molecule has 0 aliphatic heterocycles. The number of rotatable bonds is 6. The molecule has 0 saturated carbocycles. The standard InChI is InChI=1S/C8H14O4/c1-7(6-11-2)12-5-3-4-8(9)10/h3-4,7H,5-6H2,1-2H3,(H,9,10). The summed E-state index contributed by atoms with van der Waals surface area (Å²) in [5.41, 5.74) is 0. The molecule has 1 atom stereocenters. The van der Waals surface area contributed by atoms with Crippen LogP contribution >= 0.6 is 0 Å². The Morgan fingerprint density at radius 3 is 2.83 bits per heavy atom. The Morgan fingerprint density at radius 2 is 2.33 bits per heavy atom. The third-order valence-corrected chi connectivity index (χ3v) is 1.14. The molecule has 0 aromatic carbocycles. The second kappa shape index (κ2) is 6.82. The van der Waals surface area contributed by atoms with Gasteiger partial charge < -0.3 is 14.6 Å². The average Bonchev–Trinajstić information content (AvgIpc) is 1.98. The molecule has 12 heavy (non-hydrogen) atoms. The predicted octanol–water partition coefficient (Wildman–Crippen LogP) is 0.679. The Bertz CT molecular complexity index is 153. The average molecular weight is 174 g/mol. The first-order chi connectivity index (χ1) is 5.66. The lowest BCUT2D eigenvalue weighted by Crippen LogP contribution is -2.14. The van der Waals surface area contributed by atoms with E-state index in [1.54, 1.807) is 7.11 Å². The maximum atomic E-state index is 10.0. The van der Waals surface area contributed by atoms with Crippen molar-refractivity contribution >= 4 is 5.97 Å². The predicted molar refractivity (Wildman–Crippen MR) is 44.1 cm³/mol. The molecular formula is C8H14O4. The van der Waals surface area contributed by atoms with Crippen LogP contribution in [-0.2, 0) is 14.3 Å². The van der Waals surface area contributed by atoms with Gasteiger partial charge in [0.05, 0.1) is 19.3 Å². The first kappa shape index (κ1) is 11.1. The smallest absolute Gasteiger partial charge is 0.328 e. The van der Waals surface area contributed by atoms with Crippen LogP contribution in [0.25, 0.3) is 0 Å². The van der Waals surface area contributed by atoms with Gasteiger partial charge in [-0.3, -0.25) is 0 Å². The van der Waals surface area contributed by atoms with Gasteiger partial charge in [0.25, 0.3) is 0 Å². The Kier molecular flexibility index (Phi) is 6.32. The lowest BCUT2D eigenvalue weighted by atomic mass is 10.4. The minimum absolute atomic E-state index is 0.00607. The van der Waals surface area contributed by atoms with Gasteiger partial charge in [-0.15, -0.1) is 0 Å². The number of carboxylic acids is 1. The highest BCUT2D eigenvalue weighted by Crippen LogP contribution is 1.90. The molecule has 1 unspecified atom stereocenters. The van der Waals surface area contributed by atoms with E-state index >= 15 is 0 Å². The maximum absolute atomic E-state index is 10.0. The van der Waals surface area contributed by atoms with E-state index in [-0.39, 0.29) is 6.10 Å². The molecule has 4 heteroatoms. The van der Waals surface area contributed by atoms with Crippen LogP contribution in [0.1, 0.15) is 6.92 Å². The van der Waals surface area contributed by atoms with Crippen molar-refractivity contribution in [3.63, 3.8) is 0 Å². The van der Waals surface area contributed by atoms with Crippen LogP contribution in [0.15, 0.2) is 12.2 Å². The van der Waals surface area contributed by atoms with Gasteiger partial charge >= 0.3 is 5.97 Å². The third-order valence-electron chi connectivity index (χ3n) is 1.14. The van der Waals surface area contributed by atoms with Crippen LogP contribution in [0.3, 0.4) is 0 Å². The number of ether oxygens (including phenoxy) is 2. The van der Waals surface area contributed by atoms with Gasteiger partial charge in [0.15, 0.2) is 0 Å². The number of carbonyl (C=O) groups is 1. The highest BCUT2D eigenvalue weighted by Gasteiger charge is 1.98. The van der Waals surface area contributed by atoms with E-state index < -0.39 is 5.97 Å². The molecule has 0 aromatic rings. The Labute approximate surface area is 71.8 Å². The van der Waals surface area contributed by atoms with Crippen LogP contribution in [0.4, 0.5) is 0 Å². The number of hydrogen-bond acceptors (Lipinski definition) is 3. The van der Waals surface area contributed by atoms with E-state index in [0.29, 0.717) is 13.2 Å². The molecule has 4 nitrogen and oxygen atoms in total. The summed E-state index contributed by atoms with van der Waals surface area (Å²) in [4.78, 5) is 10.0. The van der Waals surface area contributed by atoms with Gasteiger partial charge in [-0.25, -0.2) is 4.79 Å². The fraction of sp³-hybridized carbons (Fsp3) is 0.625. The van der Waals surface area contributed by atoms with Gasteiger partial charge in [-0.1, -0.05) is 6.08 Å². The Morgan fingerprint density at radius 1 is 1.67 bits per heavy atom. The topological polar surface area (TPSA) is 55.8 Å². The van der Waals surface area contributed by atoms with Gasteiger partial charge in [-0.2, -0.15) is 0 Å². The van der Waals surface area contributed by atoms with E-state index in [1.807, 2.05) is 6.92 Å². The molecule has 0 aromatic heterocycles. The highest BCUT2D eigenvalue weighted by atomic mass is 16.5. The molecule has 70 valence electrons. The fourth-order valence-corrected chi connectivity index (χ4v) is 0.652. The summed E-state index contributed by atoms with van der Waals surface area (Å²) in [5, 5.41) is 8.22. The SMILES string of the molecule is COCC(C)OCC=CC(=O)O. The largest absolute Gasteiger partial charge is 0.478 e. The van der Waals surface area contributed by atoms with Crippen molar-refractivity contribution in [3.05, 3.63) is 12.2 Å². The summed E-state index contributed by atoms with van der Waals surface area (Å²) >= 11 is 0. The summed E-state index contributed by atoms with van der Waals surface area (Å²) in [6.45, 7) is 2.68. The zero-order valence-corrected chi connectivity index (χ0v) is 7.32. The Hall–Kier alpha value is -0.870. The summed E-state index contributed by atoms with van der Waals surface area (Å²) in [5.74, 6) is -0.960. The monoisotopic (exact) mass is 174 g/mol. The quantitative estimate of drug-likeness (QED) is 0.601. The number of methoxy groups -OCH3 is 1. The van der Waals surface area contributed by atoms with Crippen molar-refractivity contribution < 1.29 is 19.4 Å². The highest BCUT2D eigenvalue weighted by molar-refractivity contribution is 5.79. The van der Waals surface area contributed by atoms with Crippen molar-refractivity contribution in [1.29, 1.82) is 0 Å². The lowest BCUT2D eigenvalue weighted by Gasteiger charge is -2.08. The minimum atomic E-state index is -0.960. The summed E-state index contributed by atoms with van der Waals surface area (Å²) in [6.07, 6.45) is 2.50. The van der Waals surface area contributed by atoms with Gasteiger partial charge in [0.1, 0.15) is 0 Å². The van der Waals surface area contributed by atoms with Crippen molar-refractivity contribution in [1.82, 2.24) is 0 Å². The van der Waals surface area contributed by atoms with E-state index in [2.05, 4.69) is 0 Å². The molecule has 0 aliphatic carbocycles. The van der Waals surface area contributed by atoms with Crippen LogP contribution in [0.5, 0.6) is 0 Å². The maximum Gasteiger partial charge on any atom is 0.328 e. The van der Waals surface area contributed by atoms with Crippen molar-refractivity contribution in [2.75, 3.05) is 20.3 Å². The molecule has 0 bridgehead atoms. The number of carboxylic acid groups (broad SMARTS) is 1. The molecule has 0 radical (unpaired) electrons. The zero-order chi connectivity index (χ0) is 9.40. The first-order valence-corrected chi connectivity index (χ1v) is 3.66. The molecule has 0 amide bonds. The molecule has 0 fully saturated rings. The van der Waals surface area contributed by atoms with Gasteiger partial charge in [0, 0.05) is 13.2 Å². The first-order valence-electron chi connectivity index (χ1n) is 3.66. The molecule has 0 heterocycles. The normalized spacial score (nSPS) is 13.5. The van der Waals surface area contributed by atoms with Gasteiger partial charge in [0.2, 0.25) is 0 Å². The summed E-state index contributed by atoms with van der Waals surface area (Å²) < 4.78 is 9.97. The molecular weight excluding hydrogens is 160 g/mol. The Balaban J connectivity index is 3.36. The number of hydrogen-bond donors (Lipinski definition) is 1. The zero-order valence-electron chi connectivity index (χ0n) is 7.32. The number of aliphatic carboxylic acids is 1. The van der Waals surface area contributed by atoms with Gasteiger partial charge in [-0.05, 0) is 6.92 Å². The molecule has 0 spiro atoms. The van der Waals surface area contributed by atoms with Crippen LogP contribution in [-0.4, -0.2) is 37.5 Å². The third kappa shape index (κ3) is 7.24. The van der Waals surface area contributed by atoms with Crippen LogP contribution in [0, 0.1) is 0 Å². The van der Waals surface area contributed by atoms with Crippen molar-refractivity contribution in [2.45, 2.75) is 13.0 Å². The van der Waals surface area contributed by atoms with E-state index in [1.165, 1.54) is 6.08 Å². The molecule has 0 saturated heterocycles.